The van der Waals surface area contributed by atoms with Gasteiger partial charge in [0.25, 0.3) is 5.56 Å². The van der Waals surface area contributed by atoms with E-state index in [1.54, 1.807) is 15.9 Å². The topological polar surface area (TPSA) is 67.2 Å². The molecule has 0 unspecified atom stereocenters. The molecule has 7 heteroatoms. The Morgan fingerprint density at radius 1 is 1.19 bits per heavy atom. The summed E-state index contributed by atoms with van der Waals surface area (Å²) in [5, 5.41) is 4.91. The molecule has 3 heterocycles. The van der Waals surface area contributed by atoms with Gasteiger partial charge in [-0.3, -0.25) is 19.1 Å². The van der Waals surface area contributed by atoms with E-state index in [-0.39, 0.29) is 23.9 Å². The minimum atomic E-state index is -0.170. The van der Waals surface area contributed by atoms with Crippen LogP contribution in [0.3, 0.4) is 0 Å². The first-order chi connectivity index (χ1) is 15.0. The smallest absolute Gasteiger partial charge is 0.258 e. The van der Waals surface area contributed by atoms with Crippen molar-refractivity contribution >= 4 is 17.2 Å². The van der Waals surface area contributed by atoms with E-state index < -0.39 is 0 Å². The first kappa shape index (κ1) is 21.5. The van der Waals surface area contributed by atoms with Gasteiger partial charge in [-0.2, -0.15) is 0 Å². The first-order valence-corrected chi connectivity index (χ1v) is 11.6. The largest absolute Gasteiger partial charge is 0.350 e. The monoisotopic (exact) mass is 436 g/mol. The quantitative estimate of drug-likeness (QED) is 0.617. The van der Waals surface area contributed by atoms with Crippen LogP contribution in [-0.2, 0) is 37.4 Å². The first-order valence-electron chi connectivity index (χ1n) is 10.7. The van der Waals surface area contributed by atoms with Gasteiger partial charge in [0.05, 0.1) is 17.8 Å². The Bertz CT molecular complexity index is 1090. The highest BCUT2D eigenvalue weighted by atomic mass is 32.1. The van der Waals surface area contributed by atoms with Crippen molar-refractivity contribution in [3.05, 3.63) is 85.7 Å². The number of carbonyl (C=O) groups excluding carboxylic acids is 1. The van der Waals surface area contributed by atoms with Crippen LogP contribution in [0.5, 0.6) is 0 Å². The fourth-order valence-corrected chi connectivity index (χ4v) is 4.60. The Labute approximate surface area is 186 Å². The molecular formula is C24H28N4O2S. The Balaban J connectivity index is 1.55. The summed E-state index contributed by atoms with van der Waals surface area (Å²) in [7, 11) is 0. The van der Waals surface area contributed by atoms with Crippen LogP contribution in [0, 0.1) is 0 Å². The molecule has 2 aromatic heterocycles. The SMILES string of the molecule is CC(C)c1nc2c(c(=O)n1CC(=O)NCc1cccs1)CN(Cc1ccccc1)CC2. The summed E-state index contributed by atoms with van der Waals surface area (Å²) in [6.07, 6.45) is 0.753. The van der Waals surface area contributed by atoms with Crippen molar-refractivity contribution in [1.29, 1.82) is 0 Å². The van der Waals surface area contributed by atoms with Crippen LogP contribution < -0.4 is 10.9 Å². The molecule has 1 aliphatic rings. The van der Waals surface area contributed by atoms with E-state index in [2.05, 4.69) is 22.3 Å². The molecule has 31 heavy (non-hydrogen) atoms. The molecule has 3 aromatic rings. The molecule has 162 valence electrons. The van der Waals surface area contributed by atoms with Gasteiger partial charge in [0.2, 0.25) is 5.91 Å². The van der Waals surface area contributed by atoms with Gasteiger partial charge in [0, 0.05) is 36.9 Å². The highest BCUT2D eigenvalue weighted by Gasteiger charge is 2.25. The lowest BCUT2D eigenvalue weighted by Gasteiger charge is -2.29. The zero-order chi connectivity index (χ0) is 21.8. The molecule has 1 aliphatic heterocycles. The average molecular weight is 437 g/mol. The van der Waals surface area contributed by atoms with E-state index in [0.717, 1.165) is 35.6 Å². The molecule has 4 rings (SSSR count). The molecule has 0 spiro atoms. The van der Waals surface area contributed by atoms with Gasteiger partial charge in [-0.1, -0.05) is 50.2 Å². The third-order valence-corrected chi connectivity index (χ3v) is 6.41. The Kier molecular flexibility index (Phi) is 6.63. The molecule has 0 saturated carbocycles. The number of rotatable bonds is 7. The predicted molar refractivity (Wildman–Crippen MR) is 123 cm³/mol. The van der Waals surface area contributed by atoms with Crippen molar-refractivity contribution in [1.82, 2.24) is 19.8 Å². The minimum absolute atomic E-state index is 0.00329. The van der Waals surface area contributed by atoms with Crippen LogP contribution in [0.15, 0.2) is 52.6 Å². The van der Waals surface area contributed by atoms with Crippen LogP contribution in [-0.4, -0.2) is 26.9 Å². The molecule has 0 atom stereocenters. The second-order valence-electron chi connectivity index (χ2n) is 8.24. The van der Waals surface area contributed by atoms with Crippen LogP contribution in [0.2, 0.25) is 0 Å². The summed E-state index contributed by atoms with van der Waals surface area (Å²) in [6.45, 7) is 6.73. The number of aromatic nitrogens is 2. The van der Waals surface area contributed by atoms with Crippen LogP contribution in [0.1, 0.15) is 47.3 Å². The van der Waals surface area contributed by atoms with Gasteiger partial charge in [-0.15, -0.1) is 11.3 Å². The van der Waals surface area contributed by atoms with Crippen molar-refractivity contribution in [2.75, 3.05) is 6.54 Å². The van der Waals surface area contributed by atoms with Gasteiger partial charge in [-0.25, -0.2) is 4.98 Å². The van der Waals surface area contributed by atoms with Gasteiger partial charge >= 0.3 is 0 Å². The summed E-state index contributed by atoms with van der Waals surface area (Å²) < 4.78 is 1.57. The number of amides is 1. The Morgan fingerprint density at radius 3 is 2.71 bits per heavy atom. The number of fused-ring (bicyclic) bond motifs is 1. The summed E-state index contributed by atoms with van der Waals surface area (Å²) in [4.78, 5) is 34.2. The standard InChI is InChI=1S/C24H28N4O2S/c1-17(2)23-26-21-10-11-27(14-18-7-4-3-5-8-18)15-20(21)24(30)28(23)16-22(29)25-13-19-9-6-12-31-19/h3-9,12,17H,10-11,13-16H2,1-2H3,(H,25,29). The van der Waals surface area contributed by atoms with Crippen molar-refractivity contribution in [3.63, 3.8) is 0 Å². The zero-order valence-electron chi connectivity index (χ0n) is 18.0. The number of carbonyl (C=O) groups is 1. The zero-order valence-corrected chi connectivity index (χ0v) is 18.8. The van der Waals surface area contributed by atoms with E-state index >= 15 is 0 Å². The molecular weight excluding hydrogens is 408 g/mol. The van der Waals surface area contributed by atoms with E-state index in [0.29, 0.717) is 18.9 Å². The van der Waals surface area contributed by atoms with Gasteiger partial charge < -0.3 is 5.32 Å². The molecule has 0 saturated heterocycles. The average Bonchev–Trinajstić information content (AvgIpc) is 3.29. The molecule has 0 radical (unpaired) electrons. The number of hydrogen-bond donors (Lipinski definition) is 1. The number of hydrogen-bond acceptors (Lipinski definition) is 5. The van der Waals surface area contributed by atoms with Crippen molar-refractivity contribution in [2.24, 2.45) is 0 Å². The summed E-state index contributed by atoms with van der Waals surface area (Å²) in [5.74, 6) is 0.577. The van der Waals surface area contributed by atoms with Crippen molar-refractivity contribution in [3.8, 4) is 0 Å². The van der Waals surface area contributed by atoms with Gasteiger partial charge in [0.1, 0.15) is 12.4 Å². The van der Waals surface area contributed by atoms with Crippen LogP contribution >= 0.6 is 11.3 Å². The lowest BCUT2D eigenvalue weighted by molar-refractivity contribution is -0.121. The van der Waals surface area contributed by atoms with E-state index in [4.69, 9.17) is 4.98 Å². The molecule has 0 aliphatic carbocycles. The van der Waals surface area contributed by atoms with Crippen LogP contribution in [0.25, 0.3) is 0 Å². The lowest BCUT2D eigenvalue weighted by atomic mass is 10.0. The molecule has 6 nitrogen and oxygen atoms in total. The fraction of sp³-hybridized carbons (Fsp3) is 0.375. The number of nitrogens with one attached hydrogen (secondary N) is 1. The molecule has 1 N–H and O–H groups in total. The molecule has 1 aromatic carbocycles. The third kappa shape index (κ3) is 5.11. The maximum atomic E-state index is 13.4. The van der Waals surface area contributed by atoms with Crippen LogP contribution in [0.4, 0.5) is 0 Å². The second-order valence-corrected chi connectivity index (χ2v) is 9.28. The highest BCUT2D eigenvalue weighted by Crippen LogP contribution is 2.20. The number of benzene rings is 1. The summed E-state index contributed by atoms with van der Waals surface area (Å²) in [6, 6.07) is 14.2. The fourth-order valence-electron chi connectivity index (χ4n) is 3.96. The van der Waals surface area contributed by atoms with E-state index in [1.165, 1.54) is 5.56 Å². The molecule has 1 amide bonds. The normalized spacial score (nSPS) is 13.9. The Hall–Kier alpha value is -2.77. The second kappa shape index (κ2) is 9.58. The summed E-state index contributed by atoms with van der Waals surface area (Å²) in [5.41, 5.74) is 2.75. The third-order valence-electron chi connectivity index (χ3n) is 5.53. The molecule has 0 bridgehead atoms. The van der Waals surface area contributed by atoms with Crippen molar-refractivity contribution < 1.29 is 4.79 Å². The van der Waals surface area contributed by atoms with E-state index in [9.17, 15) is 9.59 Å². The maximum absolute atomic E-state index is 13.4. The van der Waals surface area contributed by atoms with Crippen molar-refractivity contribution in [2.45, 2.75) is 52.4 Å². The van der Waals surface area contributed by atoms with Gasteiger partial charge in [-0.05, 0) is 17.0 Å². The van der Waals surface area contributed by atoms with E-state index in [1.807, 2.05) is 49.6 Å². The molecule has 0 fully saturated rings. The van der Waals surface area contributed by atoms with Gasteiger partial charge in [0.15, 0.2) is 0 Å². The maximum Gasteiger partial charge on any atom is 0.258 e. The summed E-state index contributed by atoms with van der Waals surface area (Å²) >= 11 is 1.60. The highest BCUT2D eigenvalue weighted by molar-refractivity contribution is 7.09. The minimum Gasteiger partial charge on any atom is -0.350 e. The number of nitrogens with zero attached hydrogens (tertiary/aromatic N) is 3. The predicted octanol–water partition coefficient (Wildman–Crippen LogP) is 3.30. The number of thiophene rings is 1. The lowest BCUT2D eigenvalue weighted by Crippen LogP contribution is -2.41. The Morgan fingerprint density at radius 2 is 2.00 bits per heavy atom.